The number of aliphatic imine (C=N–C) groups is 1. The molecule has 1 amide bonds. The van der Waals surface area contributed by atoms with Gasteiger partial charge in [0.25, 0.3) is 0 Å². The van der Waals surface area contributed by atoms with Gasteiger partial charge in [-0.2, -0.15) is 0 Å². The number of nitrogens with zero attached hydrogens (tertiary/aromatic N) is 1. The summed E-state index contributed by atoms with van der Waals surface area (Å²) in [5, 5.41) is 9.18. The van der Waals surface area contributed by atoms with E-state index in [-0.39, 0.29) is 24.1 Å². The van der Waals surface area contributed by atoms with Crippen LogP contribution in [0.5, 0.6) is 5.75 Å². The number of rotatable bonds is 7. The van der Waals surface area contributed by atoms with Crippen molar-refractivity contribution < 1.29 is 9.53 Å². The zero-order valence-electron chi connectivity index (χ0n) is 17.2. The molecule has 0 bridgehead atoms. The van der Waals surface area contributed by atoms with Gasteiger partial charge in [-0.15, -0.1) is 0 Å². The summed E-state index contributed by atoms with van der Waals surface area (Å²) in [6.07, 6.45) is 1.11. The third-order valence-electron chi connectivity index (χ3n) is 3.73. The molecule has 0 saturated carbocycles. The Morgan fingerprint density at radius 3 is 2.54 bits per heavy atom. The molecule has 0 aliphatic heterocycles. The minimum Gasteiger partial charge on any atom is -0.490 e. The van der Waals surface area contributed by atoms with Crippen LogP contribution < -0.4 is 20.7 Å². The maximum Gasteiger partial charge on any atom is 0.239 e. The van der Waals surface area contributed by atoms with Crippen molar-refractivity contribution in [2.75, 3.05) is 13.6 Å². The van der Waals surface area contributed by atoms with Crippen molar-refractivity contribution in [3.8, 4) is 5.75 Å². The quantitative estimate of drug-likeness (QED) is 0.515. The second-order valence-electron chi connectivity index (χ2n) is 7.53. The fraction of sp³-hybridized carbons (Fsp3) is 0.600. The van der Waals surface area contributed by atoms with Gasteiger partial charge in [-0.1, -0.05) is 19.1 Å². The summed E-state index contributed by atoms with van der Waals surface area (Å²) in [6, 6.07) is 6.17. The second-order valence-corrected chi connectivity index (χ2v) is 7.53. The standard InChI is InChI=1S/C20H34N4O2/c1-8-15(3)26-17-11-14(2)9-10-16(17)12-22-19(21-7)23-13-18(25)24-20(4,5)6/h9-11,15H,8,12-13H2,1-7H3,(H,24,25)(H2,21,22,23). The smallest absolute Gasteiger partial charge is 0.239 e. The SMILES string of the molecule is CCC(C)Oc1cc(C)ccc1CNC(=NC)NCC(=O)NC(C)(C)C. The fourth-order valence-electron chi connectivity index (χ4n) is 2.24. The van der Waals surface area contributed by atoms with Gasteiger partial charge in [0.1, 0.15) is 5.75 Å². The molecule has 146 valence electrons. The van der Waals surface area contributed by atoms with Crippen LogP contribution in [0.4, 0.5) is 0 Å². The molecular weight excluding hydrogens is 328 g/mol. The Bertz CT molecular complexity index is 621. The summed E-state index contributed by atoms with van der Waals surface area (Å²) in [7, 11) is 1.68. The van der Waals surface area contributed by atoms with Gasteiger partial charge in [0.15, 0.2) is 5.96 Å². The first kappa shape index (κ1) is 21.8. The molecule has 0 spiro atoms. The predicted molar refractivity (Wildman–Crippen MR) is 108 cm³/mol. The highest BCUT2D eigenvalue weighted by Gasteiger charge is 2.14. The van der Waals surface area contributed by atoms with E-state index in [9.17, 15) is 4.79 Å². The van der Waals surface area contributed by atoms with Gasteiger partial charge in [-0.05, 0) is 52.7 Å². The number of guanidine groups is 1. The summed E-state index contributed by atoms with van der Waals surface area (Å²) >= 11 is 0. The Balaban J connectivity index is 2.64. The Morgan fingerprint density at radius 2 is 1.96 bits per heavy atom. The predicted octanol–water partition coefficient (Wildman–Crippen LogP) is 2.75. The van der Waals surface area contributed by atoms with Crippen molar-refractivity contribution >= 4 is 11.9 Å². The molecule has 6 heteroatoms. The zero-order valence-corrected chi connectivity index (χ0v) is 17.2. The van der Waals surface area contributed by atoms with E-state index in [2.05, 4.69) is 59.9 Å². The van der Waals surface area contributed by atoms with Crippen molar-refractivity contribution in [2.24, 2.45) is 4.99 Å². The van der Waals surface area contributed by atoms with Crippen LogP contribution in [0.3, 0.4) is 0 Å². The number of aryl methyl sites for hydroxylation is 1. The molecule has 0 radical (unpaired) electrons. The van der Waals surface area contributed by atoms with Crippen molar-refractivity contribution in [2.45, 2.75) is 66.2 Å². The normalized spacial score (nSPS) is 13.1. The van der Waals surface area contributed by atoms with E-state index in [4.69, 9.17) is 4.74 Å². The lowest BCUT2D eigenvalue weighted by Crippen LogP contribution is -2.48. The molecule has 1 rings (SSSR count). The van der Waals surface area contributed by atoms with E-state index in [1.165, 1.54) is 0 Å². The zero-order chi connectivity index (χ0) is 19.7. The first-order chi connectivity index (χ1) is 12.1. The van der Waals surface area contributed by atoms with Crippen molar-refractivity contribution in [3.05, 3.63) is 29.3 Å². The lowest BCUT2D eigenvalue weighted by atomic mass is 10.1. The van der Waals surface area contributed by atoms with Gasteiger partial charge in [0.05, 0.1) is 12.6 Å². The highest BCUT2D eigenvalue weighted by molar-refractivity contribution is 5.86. The van der Waals surface area contributed by atoms with Gasteiger partial charge in [0, 0.05) is 24.7 Å². The topological polar surface area (TPSA) is 74.8 Å². The summed E-state index contributed by atoms with van der Waals surface area (Å²) < 4.78 is 6.03. The van der Waals surface area contributed by atoms with E-state index in [0.29, 0.717) is 12.5 Å². The van der Waals surface area contributed by atoms with Crippen LogP contribution in [0.25, 0.3) is 0 Å². The molecule has 1 aromatic carbocycles. The number of hydrogen-bond acceptors (Lipinski definition) is 3. The molecule has 3 N–H and O–H groups in total. The molecule has 0 aliphatic carbocycles. The summed E-state index contributed by atoms with van der Waals surface area (Å²) in [6.45, 7) is 12.8. The highest BCUT2D eigenvalue weighted by atomic mass is 16.5. The molecule has 1 atom stereocenters. The van der Waals surface area contributed by atoms with Crippen LogP contribution in [-0.4, -0.2) is 37.1 Å². The van der Waals surface area contributed by atoms with Crippen LogP contribution in [0, 0.1) is 6.92 Å². The number of amides is 1. The molecule has 6 nitrogen and oxygen atoms in total. The van der Waals surface area contributed by atoms with E-state index >= 15 is 0 Å². The third kappa shape index (κ3) is 8.23. The number of carbonyl (C=O) groups is 1. The van der Waals surface area contributed by atoms with Crippen molar-refractivity contribution in [3.63, 3.8) is 0 Å². The molecule has 26 heavy (non-hydrogen) atoms. The molecular formula is C20H34N4O2. The van der Waals surface area contributed by atoms with Gasteiger partial charge in [-0.25, -0.2) is 0 Å². The number of hydrogen-bond donors (Lipinski definition) is 3. The number of benzene rings is 1. The lowest BCUT2D eigenvalue weighted by Gasteiger charge is -2.21. The maximum atomic E-state index is 11.9. The summed E-state index contributed by atoms with van der Waals surface area (Å²) in [5.74, 6) is 1.38. The average molecular weight is 363 g/mol. The molecule has 1 aromatic rings. The van der Waals surface area contributed by atoms with Gasteiger partial charge in [-0.3, -0.25) is 9.79 Å². The van der Waals surface area contributed by atoms with Gasteiger partial charge < -0.3 is 20.7 Å². The Kier molecular flexibility index (Phi) is 8.42. The lowest BCUT2D eigenvalue weighted by molar-refractivity contribution is -0.121. The van der Waals surface area contributed by atoms with Gasteiger partial charge in [0.2, 0.25) is 5.91 Å². The third-order valence-corrected chi connectivity index (χ3v) is 3.73. The summed E-state index contributed by atoms with van der Waals surface area (Å²) in [5.41, 5.74) is 1.96. The molecule has 1 unspecified atom stereocenters. The summed E-state index contributed by atoms with van der Waals surface area (Å²) in [4.78, 5) is 16.1. The van der Waals surface area contributed by atoms with Crippen LogP contribution >= 0.6 is 0 Å². The second kappa shape index (κ2) is 10.0. The van der Waals surface area contributed by atoms with E-state index in [1.54, 1.807) is 7.05 Å². The monoisotopic (exact) mass is 362 g/mol. The Morgan fingerprint density at radius 1 is 1.27 bits per heavy atom. The average Bonchev–Trinajstić information content (AvgIpc) is 2.54. The molecule has 0 saturated heterocycles. The van der Waals surface area contributed by atoms with Crippen molar-refractivity contribution in [1.82, 2.24) is 16.0 Å². The van der Waals surface area contributed by atoms with Crippen molar-refractivity contribution in [1.29, 1.82) is 0 Å². The largest absolute Gasteiger partial charge is 0.490 e. The number of ether oxygens (including phenoxy) is 1. The molecule has 0 heterocycles. The van der Waals surface area contributed by atoms with Crippen LogP contribution in [0.15, 0.2) is 23.2 Å². The number of carbonyl (C=O) groups excluding carboxylic acids is 1. The first-order valence-electron chi connectivity index (χ1n) is 9.16. The van der Waals surface area contributed by atoms with E-state index in [1.807, 2.05) is 20.8 Å². The van der Waals surface area contributed by atoms with E-state index < -0.39 is 0 Å². The molecule has 0 fully saturated rings. The van der Waals surface area contributed by atoms with E-state index in [0.717, 1.165) is 23.3 Å². The van der Waals surface area contributed by atoms with Crippen LogP contribution in [0.2, 0.25) is 0 Å². The maximum absolute atomic E-state index is 11.9. The minimum absolute atomic E-state index is 0.0726. The number of nitrogens with one attached hydrogen (secondary N) is 3. The molecule has 0 aliphatic rings. The Labute approximate surface area is 157 Å². The first-order valence-corrected chi connectivity index (χ1v) is 9.16. The Hall–Kier alpha value is -2.24. The highest BCUT2D eigenvalue weighted by Crippen LogP contribution is 2.22. The molecule has 0 aromatic heterocycles. The van der Waals surface area contributed by atoms with Gasteiger partial charge >= 0.3 is 0 Å². The fourth-order valence-corrected chi connectivity index (χ4v) is 2.24. The minimum atomic E-state index is -0.250. The van der Waals surface area contributed by atoms with Crippen LogP contribution in [0.1, 0.15) is 52.2 Å². The van der Waals surface area contributed by atoms with Crippen LogP contribution in [-0.2, 0) is 11.3 Å².